The van der Waals surface area contributed by atoms with E-state index in [-0.39, 0.29) is 16.9 Å². The van der Waals surface area contributed by atoms with Gasteiger partial charge in [0, 0.05) is 5.69 Å². The van der Waals surface area contributed by atoms with Crippen molar-refractivity contribution in [2.24, 2.45) is 0 Å². The number of phenols is 1. The van der Waals surface area contributed by atoms with E-state index < -0.39 is 23.5 Å². The van der Waals surface area contributed by atoms with Crippen LogP contribution in [0.25, 0.3) is 0 Å². The molecule has 0 atom stereocenters. The Labute approximate surface area is 129 Å². The maximum absolute atomic E-state index is 12.6. The highest BCUT2D eigenvalue weighted by Gasteiger charge is 2.30. The second-order valence-electron chi connectivity index (χ2n) is 4.47. The van der Waals surface area contributed by atoms with Gasteiger partial charge in [-0.25, -0.2) is 4.79 Å². The summed E-state index contributed by atoms with van der Waals surface area (Å²) in [5.41, 5.74) is -1.03. The minimum Gasteiger partial charge on any atom is -0.504 e. The average Bonchev–Trinajstić information content (AvgIpc) is 2.49. The molecule has 118 valence electrons. The van der Waals surface area contributed by atoms with Crippen molar-refractivity contribution in [2.75, 3.05) is 10.6 Å². The zero-order valence-electron chi connectivity index (χ0n) is 11.5. The molecule has 0 radical (unpaired) electrons. The number of amides is 2. The molecule has 0 spiro atoms. The summed E-state index contributed by atoms with van der Waals surface area (Å²) in [7, 11) is 0. The summed E-state index contributed by atoms with van der Waals surface area (Å²) in [6, 6.07) is 9.14. The van der Waals surface area contributed by atoms with Gasteiger partial charge in [0.25, 0.3) is 0 Å². The Bertz CT molecular complexity index is 782. The van der Waals surface area contributed by atoms with Crippen molar-refractivity contribution in [2.45, 2.75) is 6.18 Å². The lowest BCUT2D eigenvalue weighted by molar-refractivity contribution is -0.137. The third-order valence-electron chi connectivity index (χ3n) is 2.85. The molecule has 23 heavy (non-hydrogen) atoms. The highest BCUT2D eigenvalue weighted by atomic mass is 19.4. The number of hydrogen-bond donors (Lipinski definition) is 3. The lowest BCUT2D eigenvalue weighted by Gasteiger charge is -2.11. The van der Waals surface area contributed by atoms with Crippen LogP contribution in [0.1, 0.15) is 11.1 Å². The number of carbonyl (C=O) groups is 1. The van der Waals surface area contributed by atoms with Crippen molar-refractivity contribution in [3.8, 4) is 11.8 Å². The number of hydrogen-bond acceptors (Lipinski definition) is 3. The van der Waals surface area contributed by atoms with E-state index in [0.29, 0.717) is 0 Å². The molecule has 2 aromatic carbocycles. The Morgan fingerprint density at radius 3 is 2.48 bits per heavy atom. The SMILES string of the molecule is N#Cc1cccc(NC(=O)Nc2cccc(C(F)(F)F)c2)c1O. The molecule has 0 saturated heterocycles. The van der Waals surface area contributed by atoms with E-state index in [0.717, 1.165) is 18.2 Å². The van der Waals surface area contributed by atoms with E-state index >= 15 is 0 Å². The van der Waals surface area contributed by atoms with Gasteiger partial charge in [0.2, 0.25) is 0 Å². The molecule has 0 bridgehead atoms. The van der Waals surface area contributed by atoms with E-state index in [1.165, 1.54) is 24.3 Å². The Kier molecular flexibility index (Phi) is 4.41. The van der Waals surface area contributed by atoms with Gasteiger partial charge in [-0.3, -0.25) is 0 Å². The number of para-hydroxylation sites is 1. The first-order valence-electron chi connectivity index (χ1n) is 6.28. The fraction of sp³-hybridized carbons (Fsp3) is 0.0667. The fourth-order valence-electron chi connectivity index (χ4n) is 1.79. The average molecular weight is 321 g/mol. The first-order chi connectivity index (χ1) is 10.8. The molecular weight excluding hydrogens is 311 g/mol. The lowest BCUT2D eigenvalue weighted by atomic mass is 10.2. The van der Waals surface area contributed by atoms with Crippen LogP contribution in [0.4, 0.5) is 29.3 Å². The first kappa shape index (κ1) is 16.2. The molecule has 2 rings (SSSR count). The highest BCUT2D eigenvalue weighted by molar-refractivity contribution is 6.00. The molecule has 2 amide bonds. The molecule has 5 nitrogen and oxygen atoms in total. The van der Waals surface area contributed by atoms with Crippen LogP contribution in [0, 0.1) is 11.3 Å². The quantitative estimate of drug-likeness (QED) is 0.733. The number of alkyl halides is 3. The summed E-state index contributed by atoms with van der Waals surface area (Å²) in [6.07, 6.45) is -4.52. The molecule has 0 unspecified atom stereocenters. The van der Waals surface area contributed by atoms with Gasteiger partial charge in [-0.2, -0.15) is 18.4 Å². The zero-order valence-corrected chi connectivity index (χ0v) is 11.5. The molecule has 0 aliphatic rings. The monoisotopic (exact) mass is 321 g/mol. The van der Waals surface area contributed by atoms with Crippen LogP contribution in [-0.4, -0.2) is 11.1 Å². The Balaban J connectivity index is 2.14. The summed E-state index contributed by atoms with van der Waals surface area (Å²) in [5, 5.41) is 23.0. The van der Waals surface area contributed by atoms with Crippen LogP contribution in [0.5, 0.6) is 5.75 Å². The first-order valence-corrected chi connectivity index (χ1v) is 6.28. The van der Waals surface area contributed by atoms with Crippen molar-refractivity contribution in [3.63, 3.8) is 0 Å². The van der Waals surface area contributed by atoms with Crippen molar-refractivity contribution in [1.29, 1.82) is 5.26 Å². The summed E-state index contributed by atoms with van der Waals surface area (Å²) >= 11 is 0. The number of anilines is 2. The predicted molar refractivity (Wildman–Crippen MR) is 76.9 cm³/mol. The number of rotatable bonds is 2. The largest absolute Gasteiger partial charge is 0.504 e. The van der Waals surface area contributed by atoms with Crippen LogP contribution in [-0.2, 0) is 6.18 Å². The second kappa shape index (κ2) is 6.27. The molecule has 2 aromatic rings. The Morgan fingerprint density at radius 2 is 1.83 bits per heavy atom. The van der Waals surface area contributed by atoms with Gasteiger partial charge < -0.3 is 15.7 Å². The number of carbonyl (C=O) groups excluding carboxylic acids is 1. The Morgan fingerprint density at radius 1 is 1.13 bits per heavy atom. The van der Waals surface area contributed by atoms with Crippen LogP contribution in [0.15, 0.2) is 42.5 Å². The highest BCUT2D eigenvalue weighted by Crippen LogP contribution is 2.31. The molecule has 0 heterocycles. The van der Waals surface area contributed by atoms with Crippen molar-refractivity contribution in [3.05, 3.63) is 53.6 Å². The van der Waals surface area contributed by atoms with E-state index in [1.54, 1.807) is 6.07 Å². The third-order valence-corrected chi connectivity index (χ3v) is 2.85. The molecule has 0 fully saturated rings. The minimum absolute atomic E-state index is 0.0338. The van der Waals surface area contributed by atoms with E-state index in [1.807, 2.05) is 0 Å². The van der Waals surface area contributed by atoms with Crippen LogP contribution < -0.4 is 10.6 Å². The molecule has 0 aliphatic carbocycles. The molecule has 8 heteroatoms. The molecule has 0 aliphatic heterocycles. The summed E-state index contributed by atoms with van der Waals surface area (Å²) in [5.74, 6) is -0.422. The smallest absolute Gasteiger partial charge is 0.416 e. The van der Waals surface area contributed by atoms with Crippen LogP contribution >= 0.6 is 0 Å². The Hall–Kier alpha value is -3.21. The maximum Gasteiger partial charge on any atom is 0.416 e. The zero-order chi connectivity index (χ0) is 17.0. The van der Waals surface area contributed by atoms with E-state index in [9.17, 15) is 23.1 Å². The van der Waals surface area contributed by atoms with Gasteiger partial charge in [-0.15, -0.1) is 0 Å². The third kappa shape index (κ3) is 3.91. The van der Waals surface area contributed by atoms with Crippen LogP contribution in [0.3, 0.4) is 0 Å². The van der Waals surface area contributed by atoms with E-state index in [4.69, 9.17) is 5.26 Å². The molecule has 0 aromatic heterocycles. The number of halogens is 3. The number of nitrogens with zero attached hydrogens (tertiary/aromatic N) is 1. The van der Waals surface area contributed by atoms with Gasteiger partial charge in [-0.1, -0.05) is 12.1 Å². The number of nitriles is 1. The number of urea groups is 1. The number of benzene rings is 2. The number of phenolic OH excluding ortho intramolecular Hbond substituents is 1. The standard InChI is InChI=1S/C15H10F3N3O2/c16-15(17,18)10-4-2-5-11(7-10)20-14(23)21-12-6-1-3-9(8-19)13(12)22/h1-7,22H,(H2,20,21,23). The van der Waals surface area contributed by atoms with Crippen LogP contribution in [0.2, 0.25) is 0 Å². The van der Waals surface area contributed by atoms with Gasteiger partial charge in [-0.05, 0) is 30.3 Å². The minimum atomic E-state index is -4.52. The van der Waals surface area contributed by atoms with Crippen molar-refractivity contribution >= 4 is 17.4 Å². The van der Waals surface area contributed by atoms with Gasteiger partial charge in [0.05, 0.1) is 16.8 Å². The normalized spacial score (nSPS) is 10.7. The topological polar surface area (TPSA) is 85.2 Å². The molecule has 3 N–H and O–H groups in total. The number of nitrogens with one attached hydrogen (secondary N) is 2. The van der Waals surface area contributed by atoms with Gasteiger partial charge in [0.15, 0.2) is 5.75 Å². The summed E-state index contributed by atoms with van der Waals surface area (Å²) in [4.78, 5) is 11.8. The van der Waals surface area contributed by atoms with Gasteiger partial charge in [0.1, 0.15) is 6.07 Å². The summed E-state index contributed by atoms with van der Waals surface area (Å²) < 4.78 is 37.8. The van der Waals surface area contributed by atoms with E-state index in [2.05, 4.69) is 10.6 Å². The predicted octanol–water partition coefficient (Wildman–Crippen LogP) is 3.93. The fourth-order valence-corrected chi connectivity index (χ4v) is 1.79. The number of aromatic hydroxyl groups is 1. The van der Waals surface area contributed by atoms with Gasteiger partial charge >= 0.3 is 12.2 Å². The lowest BCUT2D eigenvalue weighted by Crippen LogP contribution is -2.20. The second-order valence-corrected chi connectivity index (χ2v) is 4.47. The summed E-state index contributed by atoms with van der Waals surface area (Å²) in [6.45, 7) is 0. The van der Waals surface area contributed by atoms with Crippen molar-refractivity contribution < 1.29 is 23.1 Å². The van der Waals surface area contributed by atoms with Crippen molar-refractivity contribution in [1.82, 2.24) is 0 Å². The molecular formula is C15H10F3N3O2. The molecule has 0 saturated carbocycles. The maximum atomic E-state index is 12.6.